The summed E-state index contributed by atoms with van der Waals surface area (Å²) in [6, 6.07) is 0. The molecule has 3 aliphatic carbocycles. The minimum atomic E-state index is 0.127. The molecule has 1 heteroatoms. The molecule has 2 fully saturated rings. The fourth-order valence-corrected chi connectivity index (χ4v) is 7.48. The summed E-state index contributed by atoms with van der Waals surface area (Å²) in [4.78, 5) is 11.2. The highest BCUT2D eigenvalue weighted by molar-refractivity contribution is 5.68. The Morgan fingerprint density at radius 3 is 2.56 bits per heavy atom. The summed E-state index contributed by atoms with van der Waals surface area (Å²) in [6.45, 7) is 16.3. The molecule has 0 aromatic heterocycles. The van der Waals surface area contributed by atoms with E-state index in [1.54, 1.807) is 0 Å². The van der Waals surface area contributed by atoms with Gasteiger partial charge in [-0.25, -0.2) is 0 Å². The van der Waals surface area contributed by atoms with Crippen molar-refractivity contribution in [3.8, 4) is 0 Å². The summed E-state index contributed by atoms with van der Waals surface area (Å²) < 4.78 is 0. The molecule has 0 bridgehead atoms. The maximum Gasteiger partial charge on any atom is 0.143 e. The number of carbonyl (C=O) groups excluding carboxylic acids is 1. The van der Waals surface area contributed by atoms with E-state index in [0.29, 0.717) is 17.3 Å². The number of carbonyl (C=O) groups is 1. The molecule has 0 spiro atoms. The smallest absolute Gasteiger partial charge is 0.143 e. The quantitative estimate of drug-likeness (QED) is 0.324. The molecule has 6 atom stereocenters. The molecule has 0 heterocycles. The summed E-state index contributed by atoms with van der Waals surface area (Å²) in [6.07, 6.45) is 15.1. The minimum absolute atomic E-state index is 0.127. The Bertz CT molecular complexity index is 626. The van der Waals surface area contributed by atoms with E-state index < -0.39 is 0 Å². The molecule has 3 rings (SSSR count). The van der Waals surface area contributed by atoms with Crippen molar-refractivity contribution < 1.29 is 4.79 Å². The van der Waals surface area contributed by atoms with Crippen molar-refractivity contribution in [3.05, 3.63) is 36.0 Å². The number of fused-ring (bicyclic) bond motifs is 3. The molecule has 2 saturated carbocycles. The van der Waals surface area contributed by atoms with Gasteiger partial charge in [0, 0.05) is 0 Å². The Morgan fingerprint density at radius 2 is 1.96 bits per heavy atom. The van der Waals surface area contributed by atoms with Crippen LogP contribution in [-0.2, 0) is 4.79 Å². The predicted molar refractivity (Wildman–Crippen MR) is 106 cm³/mol. The van der Waals surface area contributed by atoms with Gasteiger partial charge in [-0.3, -0.25) is 4.79 Å². The first kappa shape index (κ1) is 18.7. The number of hydrogen-bond acceptors (Lipinski definition) is 1. The second kappa shape index (κ2) is 6.25. The molecule has 0 aromatic carbocycles. The second-order valence-electron chi connectivity index (χ2n) is 9.75. The van der Waals surface area contributed by atoms with E-state index in [1.165, 1.54) is 49.7 Å². The van der Waals surface area contributed by atoms with Gasteiger partial charge in [-0.1, -0.05) is 58.4 Å². The Morgan fingerprint density at radius 1 is 1.24 bits per heavy atom. The Hall–Kier alpha value is -1.11. The van der Waals surface area contributed by atoms with Gasteiger partial charge in [0.2, 0.25) is 0 Å². The van der Waals surface area contributed by atoms with Gasteiger partial charge in [0.1, 0.15) is 6.29 Å². The standard InChI is InChI=1S/C24H36O/c1-7-13-22(4)18(12-16-25)10-14-24(6)20-9-8-19(17(2)3)23(20,5)15-11-21(22)24/h10,12,14,16,19-21H,2,7-9,11,13,15H2,1,3-6H3/b18-12-. The molecule has 25 heavy (non-hydrogen) atoms. The molecule has 3 aliphatic rings. The highest BCUT2D eigenvalue weighted by atomic mass is 16.1. The summed E-state index contributed by atoms with van der Waals surface area (Å²) in [5, 5.41) is 0. The van der Waals surface area contributed by atoms with E-state index in [0.717, 1.165) is 12.2 Å². The van der Waals surface area contributed by atoms with Gasteiger partial charge in [-0.2, -0.15) is 0 Å². The van der Waals surface area contributed by atoms with Crippen LogP contribution in [0.25, 0.3) is 0 Å². The van der Waals surface area contributed by atoms with Crippen molar-refractivity contribution in [2.24, 2.45) is 34.0 Å². The van der Waals surface area contributed by atoms with Crippen LogP contribution in [0.1, 0.15) is 73.1 Å². The van der Waals surface area contributed by atoms with Crippen LogP contribution in [0.3, 0.4) is 0 Å². The maximum atomic E-state index is 11.2. The molecule has 0 radical (unpaired) electrons. The molecule has 0 amide bonds. The van der Waals surface area contributed by atoms with Crippen molar-refractivity contribution in [2.75, 3.05) is 0 Å². The molecule has 0 aliphatic heterocycles. The number of aldehydes is 1. The van der Waals surface area contributed by atoms with E-state index in [4.69, 9.17) is 0 Å². The molecule has 138 valence electrons. The lowest BCUT2D eigenvalue weighted by Crippen LogP contribution is -2.54. The van der Waals surface area contributed by atoms with Crippen LogP contribution in [0.2, 0.25) is 0 Å². The summed E-state index contributed by atoms with van der Waals surface area (Å²) in [5.74, 6) is 2.04. The molecule has 0 saturated heterocycles. The molecule has 0 N–H and O–H groups in total. The fourth-order valence-electron chi connectivity index (χ4n) is 7.48. The first-order valence-electron chi connectivity index (χ1n) is 10.2. The summed E-state index contributed by atoms with van der Waals surface area (Å²) >= 11 is 0. The third-order valence-corrected chi connectivity index (χ3v) is 8.47. The third kappa shape index (κ3) is 2.53. The third-order valence-electron chi connectivity index (χ3n) is 8.47. The normalized spacial score (nSPS) is 47.4. The monoisotopic (exact) mass is 340 g/mol. The zero-order valence-corrected chi connectivity index (χ0v) is 16.9. The van der Waals surface area contributed by atoms with Gasteiger partial charge in [0.25, 0.3) is 0 Å². The lowest BCUT2D eigenvalue weighted by molar-refractivity contribution is -0.104. The molecular weight excluding hydrogens is 304 g/mol. The van der Waals surface area contributed by atoms with Crippen LogP contribution >= 0.6 is 0 Å². The van der Waals surface area contributed by atoms with Crippen LogP contribution in [-0.4, -0.2) is 6.29 Å². The SMILES string of the molecule is C=C(C)C1CCC2C3(C)C=C/C(=C/C=O)C(C)(CCC)C3CCC12C. The summed E-state index contributed by atoms with van der Waals surface area (Å²) in [5.41, 5.74) is 3.39. The van der Waals surface area contributed by atoms with Crippen molar-refractivity contribution >= 4 is 6.29 Å². The fraction of sp³-hybridized carbons (Fsp3) is 0.708. The van der Waals surface area contributed by atoms with Gasteiger partial charge < -0.3 is 0 Å². The van der Waals surface area contributed by atoms with Crippen LogP contribution in [0.4, 0.5) is 0 Å². The second-order valence-corrected chi connectivity index (χ2v) is 9.75. The molecular formula is C24H36O. The number of rotatable bonds is 4. The van der Waals surface area contributed by atoms with Crippen molar-refractivity contribution in [1.82, 2.24) is 0 Å². The average Bonchev–Trinajstić information content (AvgIpc) is 2.89. The topological polar surface area (TPSA) is 17.1 Å². The van der Waals surface area contributed by atoms with E-state index in [9.17, 15) is 4.79 Å². The van der Waals surface area contributed by atoms with Gasteiger partial charge in [0.15, 0.2) is 0 Å². The molecule has 1 nitrogen and oxygen atoms in total. The van der Waals surface area contributed by atoms with Crippen LogP contribution in [0.5, 0.6) is 0 Å². The van der Waals surface area contributed by atoms with Crippen molar-refractivity contribution in [3.63, 3.8) is 0 Å². The van der Waals surface area contributed by atoms with Crippen molar-refractivity contribution in [2.45, 2.75) is 73.1 Å². The van der Waals surface area contributed by atoms with E-state index >= 15 is 0 Å². The largest absolute Gasteiger partial charge is 0.299 e. The molecule has 6 unspecified atom stereocenters. The van der Waals surface area contributed by atoms with Crippen LogP contribution in [0, 0.1) is 34.0 Å². The minimum Gasteiger partial charge on any atom is -0.299 e. The van der Waals surface area contributed by atoms with Gasteiger partial charge >= 0.3 is 0 Å². The lowest BCUT2D eigenvalue weighted by atomic mass is 9.43. The zero-order valence-electron chi connectivity index (χ0n) is 16.9. The van der Waals surface area contributed by atoms with E-state index in [-0.39, 0.29) is 10.8 Å². The van der Waals surface area contributed by atoms with Crippen LogP contribution in [0.15, 0.2) is 36.0 Å². The highest BCUT2D eigenvalue weighted by Crippen LogP contribution is 2.70. The van der Waals surface area contributed by atoms with Crippen LogP contribution < -0.4 is 0 Å². The van der Waals surface area contributed by atoms with Crippen molar-refractivity contribution in [1.29, 1.82) is 0 Å². The Balaban J connectivity index is 2.08. The maximum absolute atomic E-state index is 11.2. The van der Waals surface area contributed by atoms with Gasteiger partial charge in [-0.05, 0) is 84.7 Å². The Kier molecular flexibility index (Phi) is 4.67. The van der Waals surface area contributed by atoms with E-state index in [1.807, 2.05) is 6.08 Å². The predicted octanol–water partition coefficient (Wildman–Crippen LogP) is 6.51. The Labute approximate surface area is 154 Å². The molecule has 0 aromatic rings. The average molecular weight is 341 g/mol. The zero-order chi connectivity index (χ0) is 18.5. The number of allylic oxidation sites excluding steroid dienone is 5. The van der Waals surface area contributed by atoms with Gasteiger partial charge in [-0.15, -0.1) is 0 Å². The highest BCUT2D eigenvalue weighted by Gasteiger charge is 2.62. The van der Waals surface area contributed by atoms with Gasteiger partial charge in [0.05, 0.1) is 0 Å². The first-order chi connectivity index (χ1) is 11.7. The number of hydrogen-bond donors (Lipinski definition) is 0. The first-order valence-corrected chi connectivity index (χ1v) is 10.2. The summed E-state index contributed by atoms with van der Waals surface area (Å²) in [7, 11) is 0. The van der Waals surface area contributed by atoms with E-state index in [2.05, 4.69) is 53.3 Å². The lowest BCUT2D eigenvalue weighted by Gasteiger charge is -2.61.